The summed E-state index contributed by atoms with van der Waals surface area (Å²) < 4.78 is 15.7. The topological polar surface area (TPSA) is 30.7 Å². The van der Waals surface area contributed by atoms with Crippen LogP contribution in [0.25, 0.3) is 38.8 Å². The van der Waals surface area contributed by atoms with E-state index < -0.39 is 0 Å². The Morgan fingerprint density at radius 2 is 1.75 bits per heavy atom. The third-order valence-electron chi connectivity index (χ3n) is 4.85. The van der Waals surface area contributed by atoms with Crippen molar-refractivity contribution in [3.8, 4) is 16.9 Å². The van der Waals surface area contributed by atoms with Crippen LogP contribution in [0.3, 0.4) is 0 Å². The maximum atomic E-state index is 13.9. The van der Waals surface area contributed by atoms with Crippen LogP contribution in [0, 0.1) is 12.7 Å². The first kappa shape index (κ1) is 16.9. The van der Waals surface area contributed by atoms with Gasteiger partial charge in [-0.3, -0.25) is 4.98 Å². The van der Waals surface area contributed by atoms with Gasteiger partial charge in [0.25, 0.3) is 0 Å². The van der Waals surface area contributed by atoms with Gasteiger partial charge in [0, 0.05) is 27.6 Å². The summed E-state index contributed by atoms with van der Waals surface area (Å²) in [5.74, 6) is -0.306. The Hall–Kier alpha value is -3.24. The van der Waals surface area contributed by atoms with E-state index in [1.807, 2.05) is 49.5 Å². The van der Waals surface area contributed by atoms with Crippen molar-refractivity contribution in [2.75, 3.05) is 0 Å². The molecule has 5 heteroatoms. The Kier molecular flexibility index (Phi) is 3.88. The van der Waals surface area contributed by atoms with Gasteiger partial charge >= 0.3 is 0 Å². The van der Waals surface area contributed by atoms with Crippen LogP contribution in [0.15, 0.2) is 72.9 Å². The second-order valence-corrected chi connectivity index (χ2v) is 7.22. The summed E-state index contributed by atoms with van der Waals surface area (Å²) in [6.07, 6.45) is 1.81. The third kappa shape index (κ3) is 2.74. The molecule has 0 spiro atoms. The van der Waals surface area contributed by atoms with Crippen molar-refractivity contribution in [2.45, 2.75) is 6.92 Å². The van der Waals surface area contributed by atoms with Gasteiger partial charge in [0.2, 0.25) is 0 Å². The highest BCUT2D eigenvalue weighted by Crippen LogP contribution is 2.34. The van der Waals surface area contributed by atoms with Crippen molar-refractivity contribution in [2.24, 2.45) is 0 Å². The van der Waals surface area contributed by atoms with Crippen molar-refractivity contribution >= 4 is 33.4 Å². The van der Waals surface area contributed by atoms with Crippen LogP contribution < -0.4 is 0 Å². The Morgan fingerprint density at radius 1 is 0.929 bits per heavy atom. The molecule has 5 aromatic rings. The first-order valence-electron chi connectivity index (χ1n) is 8.90. The van der Waals surface area contributed by atoms with E-state index in [2.05, 4.69) is 17.1 Å². The molecule has 0 saturated heterocycles. The van der Waals surface area contributed by atoms with Crippen molar-refractivity contribution in [1.82, 2.24) is 14.8 Å². The predicted octanol–water partition coefficient (Wildman–Crippen LogP) is 6.34. The first-order chi connectivity index (χ1) is 13.6. The van der Waals surface area contributed by atoms with Crippen LogP contribution in [-0.4, -0.2) is 14.8 Å². The van der Waals surface area contributed by atoms with Crippen LogP contribution in [0.5, 0.6) is 0 Å². The van der Waals surface area contributed by atoms with E-state index in [1.165, 1.54) is 17.7 Å². The Morgan fingerprint density at radius 3 is 2.54 bits per heavy atom. The number of aryl methyl sites for hydroxylation is 1. The molecule has 0 aliphatic carbocycles. The molecular formula is C23H15ClFN3. The number of aromatic nitrogens is 3. The van der Waals surface area contributed by atoms with Gasteiger partial charge in [-0.15, -0.1) is 0 Å². The summed E-state index contributed by atoms with van der Waals surface area (Å²) in [7, 11) is 0. The van der Waals surface area contributed by atoms with Crippen LogP contribution in [-0.2, 0) is 0 Å². The zero-order valence-corrected chi connectivity index (χ0v) is 15.8. The number of benzene rings is 3. The largest absolute Gasteiger partial charge is 0.255 e. The molecule has 136 valence electrons. The van der Waals surface area contributed by atoms with Gasteiger partial charge in [-0.05, 0) is 43.3 Å². The highest BCUT2D eigenvalue weighted by atomic mass is 35.5. The van der Waals surface area contributed by atoms with Gasteiger partial charge in [-0.25, -0.2) is 9.07 Å². The van der Waals surface area contributed by atoms with Crippen LogP contribution in [0.4, 0.5) is 4.39 Å². The van der Waals surface area contributed by atoms with Gasteiger partial charge in [-0.1, -0.05) is 47.5 Å². The minimum atomic E-state index is -0.306. The lowest BCUT2D eigenvalue weighted by Gasteiger charge is -2.06. The van der Waals surface area contributed by atoms with Crippen molar-refractivity contribution in [3.63, 3.8) is 0 Å². The molecular weight excluding hydrogens is 373 g/mol. The van der Waals surface area contributed by atoms with Crippen LogP contribution >= 0.6 is 11.6 Å². The maximum absolute atomic E-state index is 13.9. The SMILES string of the molecule is Cc1ccc(-c2nn(-c3cccc(F)c3)c3c2cnc2cc(Cl)ccc23)cc1. The summed E-state index contributed by atoms with van der Waals surface area (Å²) in [6, 6.07) is 20.2. The number of pyridine rings is 1. The van der Waals surface area contributed by atoms with E-state index in [4.69, 9.17) is 16.7 Å². The molecule has 28 heavy (non-hydrogen) atoms. The average Bonchev–Trinajstić information content (AvgIpc) is 3.08. The summed E-state index contributed by atoms with van der Waals surface area (Å²) in [4.78, 5) is 4.59. The Bertz CT molecular complexity index is 1340. The normalized spacial score (nSPS) is 11.4. The third-order valence-corrected chi connectivity index (χ3v) is 5.08. The van der Waals surface area contributed by atoms with Gasteiger partial charge in [0.15, 0.2) is 0 Å². The molecule has 0 aliphatic heterocycles. The summed E-state index contributed by atoms with van der Waals surface area (Å²) in [5.41, 5.74) is 5.28. The predicted molar refractivity (Wildman–Crippen MR) is 112 cm³/mol. The summed E-state index contributed by atoms with van der Waals surface area (Å²) in [6.45, 7) is 2.05. The van der Waals surface area contributed by atoms with Gasteiger partial charge in [-0.2, -0.15) is 5.10 Å². The molecule has 2 aromatic heterocycles. The molecule has 3 nitrogen and oxygen atoms in total. The van der Waals surface area contributed by atoms with E-state index in [1.54, 1.807) is 10.7 Å². The molecule has 2 heterocycles. The fourth-order valence-corrected chi connectivity index (χ4v) is 3.64. The van der Waals surface area contributed by atoms with Crippen molar-refractivity contribution < 1.29 is 4.39 Å². The monoisotopic (exact) mass is 387 g/mol. The molecule has 0 aliphatic rings. The number of rotatable bonds is 2. The molecule has 0 radical (unpaired) electrons. The molecule has 0 amide bonds. The Labute approximate surface area is 166 Å². The summed E-state index contributed by atoms with van der Waals surface area (Å²) in [5, 5.41) is 7.29. The number of halogens is 2. The number of hydrogen-bond donors (Lipinski definition) is 0. The molecule has 3 aromatic carbocycles. The minimum Gasteiger partial charge on any atom is -0.255 e. The standard InChI is InChI=1S/C23H15ClFN3/c1-14-5-7-15(8-6-14)22-20-13-26-21-11-16(24)9-10-19(21)23(20)28(27-22)18-4-2-3-17(25)12-18/h2-13H,1H3. The lowest BCUT2D eigenvalue weighted by Crippen LogP contribution is -1.98. The second-order valence-electron chi connectivity index (χ2n) is 6.79. The van der Waals surface area contributed by atoms with Crippen LogP contribution in [0.1, 0.15) is 5.56 Å². The van der Waals surface area contributed by atoms with Crippen molar-refractivity contribution in [1.29, 1.82) is 0 Å². The highest BCUT2D eigenvalue weighted by molar-refractivity contribution is 6.31. The fourth-order valence-electron chi connectivity index (χ4n) is 3.48. The van der Waals surface area contributed by atoms with E-state index in [9.17, 15) is 4.39 Å². The fraction of sp³-hybridized carbons (Fsp3) is 0.0435. The molecule has 0 fully saturated rings. The quantitative estimate of drug-likeness (QED) is 0.353. The Balaban J connectivity index is 1.90. The molecule has 0 atom stereocenters. The molecule has 0 saturated carbocycles. The minimum absolute atomic E-state index is 0.306. The number of hydrogen-bond acceptors (Lipinski definition) is 2. The van der Waals surface area contributed by atoms with Crippen LogP contribution in [0.2, 0.25) is 5.02 Å². The zero-order chi connectivity index (χ0) is 19.3. The number of nitrogens with zero attached hydrogens (tertiary/aromatic N) is 3. The first-order valence-corrected chi connectivity index (χ1v) is 9.28. The molecule has 0 N–H and O–H groups in total. The highest BCUT2D eigenvalue weighted by Gasteiger charge is 2.17. The lowest BCUT2D eigenvalue weighted by atomic mass is 10.1. The summed E-state index contributed by atoms with van der Waals surface area (Å²) >= 11 is 6.15. The average molecular weight is 388 g/mol. The maximum Gasteiger partial charge on any atom is 0.125 e. The lowest BCUT2D eigenvalue weighted by molar-refractivity contribution is 0.626. The second kappa shape index (κ2) is 6.43. The van der Waals surface area contributed by atoms with E-state index >= 15 is 0 Å². The molecule has 0 unspecified atom stereocenters. The zero-order valence-electron chi connectivity index (χ0n) is 15.0. The van der Waals surface area contributed by atoms with Gasteiger partial charge in [0.05, 0.1) is 16.7 Å². The van der Waals surface area contributed by atoms with Crippen molar-refractivity contribution in [3.05, 3.63) is 89.3 Å². The van der Waals surface area contributed by atoms with Gasteiger partial charge < -0.3 is 0 Å². The molecule has 0 bridgehead atoms. The molecule has 5 rings (SSSR count). The smallest absolute Gasteiger partial charge is 0.125 e. The number of fused-ring (bicyclic) bond motifs is 3. The van der Waals surface area contributed by atoms with E-state index in [0.717, 1.165) is 33.1 Å². The van der Waals surface area contributed by atoms with E-state index in [0.29, 0.717) is 10.7 Å². The van der Waals surface area contributed by atoms with Gasteiger partial charge in [0.1, 0.15) is 11.5 Å². The van der Waals surface area contributed by atoms with E-state index in [-0.39, 0.29) is 5.82 Å².